The van der Waals surface area contributed by atoms with E-state index < -0.39 is 0 Å². The molecule has 2 unspecified atom stereocenters. The van der Waals surface area contributed by atoms with Crippen molar-refractivity contribution in [3.63, 3.8) is 0 Å². The summed E-state index contributed by atoms with van der Waals surface area (Å²) in [7, 11) is 0. The van der Waals surface area contributed by atoms with Crippen LogP contribution in [0.2, 0.25) is 0 Å². The van der Waals surface area contributed by atoms with Crippen molar-refractivity contribution in [2.75, 3.05) is 0 Å². The summed E-state index contributed by atoms with van der Waals surface area (Å²) < 4.78 is 0. The number of hydrogen-bond acceptors (Lipinski definition) is 2. The van der Waals surface area contributed by atoms with E-state index in [0.29, 0.717) is 6.54 Å². The Labute approximate surface area is 105 Å². The van der Waals surface area contributed by atoms with Crippen LogP contribution in [0.4, 0.5) is 0 Å². The van der Waals surface area contributed by atoms with Gasteiger partial charge < -0.3 is 5.73 Å². The van der Waals surface area contributed by atoms with Crippen LogP contribution in [-0.4, -0.2) is 17.0 Å². The third-order valence-electron chi connectivity index (χ3n) is 4.02. The number of hydrogen-bond donors (Lipinski definition) is 1. The number of likely N-dealkylation sites (tertiary alicyclic amines) is 1. The zero-order valence-corrected chi connectivity index (χ0v) is 11.0. The van der Waals surface area contributed by atoms with Gasteiger partial charge in [-0.3, -0.25) is 4.90 Å². The molecule has 1 aromatic carbocycles. The average Bonchev–Trinajstić information content (AvgIpc) is 2.71. The fourth-order valence-corrected chi connectivity index (χ4v) is 2.91. The molecule has 1 aliphatic rings. The molecule has 94 valence electrons. The maximum Gasteiger partial charge on any atom is 0.0239 e. The Morgan fingerprint density at radius 3 is 2.76 bits per heavy atom. The van der Waals surface area contributed by atoms with E-state index in [1.54, 1.807) is 0 Å². The van der Waals surface area contributed by atoms with E-state index in [2.05, 4.69) is 43.0 Å². The first-order valence-corrected chi connectivity index (χ1v) is 6.78. The maximum atomic E-state index is 5.69. The summed E-state index contributed by atoms with van der Waals surface area (Å²) in [6, 6.07) is 10.2. The zero-order chi connectivity index (χ0) is 12.3. The Kier molecular flexibility index (Phi) is 4.19. The van der Waals surface area contributed by atoms with Gasteiger partial charge in [0.2, 0.25) is 0 Å². The number of benzene rings is 1. The molecular formula is C15H24N2. The first-order chi connectivity index (χ1) is 8.24. The van der Waals surface area contributed by atoms with Gasteiger partial charge in [-0.2, -0.15) is 0 Å². The molecule has 2 nitrogen and oxygen atoms in total. The number of nitrogens with two attached hydrogens (primary N) is 1. The normalized spacial score (nSPS) is 25.4. The lowest BCUT2D eigenvalue weighted by atomic mass is 10.1. The van der Waals surface area contributed by atoms with E-state index >= 15 is 0 Å². The second-order valence-electron chi connectivity index (χ2n) is 5.18. The molecule has 1 aromatic rings. The van der Waals surface area contributed by atoms with E-state index in [1.807, 2.05) is 0 Å². The van der Waals surface area contributed by atoms with Crippen LogP contribution in [0.1, 0.15) is 44.2 Å². The highest BCUT2D eigenvalue weighted by Gasteiger charge is 2.28. The van der Waals surface area contributed by atoms with Crippen molar-refractivity contribution in [3.05, 3.63) is 35.4 Å². The first-order valence-electron chi connectivity index (χ1n) is 6.78. The first kappa shape index (κ1) is 12.6. The molecule has 1 saturated heterocycles. The summed E-state index contributed by atoms with van der Waals surface area (Å²) >= 11 is 0. The number of nitrogens with zero attached hydrogens (tertiary/aromatic N) is 1. The van der Waals surface area contributed by atoms with Gasteiger partial charge in [0.1, 0.15) is 0 Å². The van der Waals surface area contributed by atoms with Crippen LogP contribution in [0.5, 0.6) is 0 Å². The van der Waals surface area contributed by atoms with Gasteiger partial charge in [-0.05, 0) is 37.3 Å². The van der Waals surface area contributed by atoms with Gasteiger partial charge in [-0.15, -0.1) is 0 Å². The van der Waals surface area contributed by atoms with Gasteiger partial charge in [0.25, 0.3) is 0 Å². The van der Waals surface area contributed by atoms with Gasteiger partial charge in [-0.25, -0.2) is 0 Å². The standard InChI is InChI=1S/C15H24N2/c1-3-15-8-7-12(2)17(15)11-14-6-4-5-13(9-14)10-16/h4-6,9,12,15H,3,7-8,10-11,16H2,1-2H3. The molecule has 0 bridgehead atoms. The molecule has 17 heavy (non-hydrogen) atoms. The summed E-state index contributed by atoms with van der Waals surface area (Å²) in [6.07, 6.45) is 3.96. The van der Waals surface area contributed by atoms with Crippen LogP contribution in [0.15, 0.2) is 24.3 Å². The summed E-state index contributed by atoms with van der Waals surface area (Å²) in [5.74, 6) is 0. The van der Waals surface area contributed by atoms with Gasteiger partial charge in [0.15, 0.2) is 0 Å². The maximum absolute atomic E-state index is 5.69. The predicted molar refractivity (Wildman–Crippen MR) is 72.7 cm³/mol. The molecular weight excluding hydrogens is 208 g/mol. The fourth-order valence-electron chi connectivity index (χ4n) is 2.91. The van der Waals surface area contributed by atoms with Crippen molar-refractivity contribution in [1.29, 1.82) is 0 Å². The van der Waals surface area contributed by atoms with Crippen LogP contribution < -0.4 is 5.73 Å². The minimum absolute atomic E-state index is 0.639. The Hall–Kier alpha value is -0.860. The smallest absolute Gasteiger partial charge is 0.0239 e. The Balaban J connectivity index is 2.08. The topological polar surface area (TPSA) is 29.3 Å². The highest BCUT2D eigenvalue weighted by atomic mass is 15.2. The summed E-state index contributed by atoms with van der Waals surface area (Å²) in [5, 5.41) is 0. The Morgan fingerprint density at radius 2 is 2.06 bits per heavy atom. The highest BCUT2D eigenvalue weighted by molar-refractivity contribution is 5.23. The van der Waals surface area contributed by atoms with Gasteiger partial charge in [-0.1, -0.05) is 31.2 Å². The second-order valence-corrected chi connectivity index (χ2v) is 5.18. The molecule has 2 rings (SSSR count). The minimum Gasteiger partial charge on any atom is -0.326 e. The van der Waals surface area contributed by atoms with E-state index in [4.69, 9.17) is 5.73 Å². The monoisotopic (exact) mass is 232 g/mol. The molecule has 0 radical (unpaired) electrons. The second kappa shape index (κ2) is 5.65. The quantitative estimate of drug-likeness (QED) is 0.865. The van der Waals surface area contributed by atoms with Crippen LogP contribution in [0.3, 0.4) is 0 Å². The summed E-state index contributed by atoms with van der Waals surface area (Å²) in [5.41, 5.74) is 8.34. The molecule has 1 aliphatic heterocycles. The fraction of sp³-hybridized carbons (Fsp3) is 0.600. The van der Waals surface area contributed by atoms with E-state index in [9.17, 15) is 0 Å². The zero-order valence-electron chi connectivity index (χ0n) is 11.0. The predicted octanol–water partition coefficient (Wildman–Crippen LogP) is 2.91. The van der Waals surface area contributed by atoms with Gasteiger partial charge >= 0.3 is 0 Å². The van der Waals surface area contributed by atoms with Crippen molar-refractivity contribution in [2.45, 2.75) is 58.3 Å². The molecule has 0 saturated carbocycles. The molecule has 0 spiro atoms. The van der Waals surface area contributed by atoms with E-state index in [0.717, 1.165) is 18.6 Å². The van der Waals surface area contributed by atoms with Crippen molar-refractivity contribution in [1.82, 2.24) is 4.90 Å². The lowest BCUT2D eigenvalue weighted by Crippen LogP contribution is -2.33. The minimum atomic E-state index is 0.639. The van der Waals surface area contributed by atoms with Crippen LogP contribution >= 0.6 is 0 Å². The molecule has 1 heterocycles. The van der Waals surface area contributed by atoms with Crippen LogP contribution in [-0.2, 0) is 13.1 Å². The van der Waals surface area contributed by atoms with Crippen molar-refractivity contribution >= 4 is 0 Å². The molecule has 2 N–H and O–H groups in total. The van der Waals surface area contributed by atoms with Gasteiger partial charge in [0, 0.05) is 25.2 Å². The SMILES string of the molecule is CCC1CCC(C)N1Cc1cccc(CN)c1. The van der Waals surface area contributed by atoms with Crippen molar-refractivity contribution in [2.24, 2.45) is 5.73 Å². The molecule has 2 heteroatoms. The summed E-state index contributed by atoms with van der Waals surface area (Å²) in [6.45, 7) is 6.36. The third-order valence-corrected chi connectivity index (χ3v) is 4.02. The highest BCUT2D eigenvalue weighted by Crippen LogP contribution is 2.27. The summed E-state index contributed by atoms with van der Waals surface area (Å²) in [4.78, 5) is 2.65. The average molecular weight is 232 g/mol. The lowest BCUT2D eigenvalue weighted by Gasteiger charge is -2.27. The van der Waals surface area contributed by atoms with Crippen molar-refractivity contribution < 1.29 is 0 Å². The van der Waals surface area contributed by atoms with E-state index in [1.165, 1.54) is 30.4 Å². The van der Waals surface area contributed by atoms with Crippen LogP contribution in [0.25, 0.3) is 0 Å². The number of rotatable bonds is 4. The molecule has 0 amide bonds. The molecule has 0 aliphatic carbocycles. The molecule has 0 aromatic heterocycles. The Bertz CT molecular complexity index is 362. The Morgan fingerprint density at radius 1 is 1.29 bits per heavy atom. The largest absolute Gasteiger partial charge is 0.326 e. The van der Waals surface area contributed by atoms with Crippen molar-refractivity contribution in [3.8, 4) is 0 Å². The lowest BCUT2D eigenvalue weighted by molar-refractivity contribution is 0.189. The van der Waals surface area contributed by atoms with E-state index in [-0.39, 0.29) is 0 Å². The van der Waals surface area contributed by atoms with Crippen LogP contribution in [0, 0.1) is 0 Å². The third kappa shape index (κ3) is 2.88. The van der Waals surface area contributed by atoms with Gasteiger partial charge in [0.05, 0.1) is 0 Å². The molecule has 2 atom stereocenters. The molecule has 1 fully saturated rings.